The molecule has 1 unspecified atom stereocenters. The van der Waals surface area contributed by atoms with Crippen LogP contribution in [-0.4, -0.2) is 46.5 Å². The number of benzene rings is 2. The van der Waals surface area contributed by atoms with Crippen LogP contribution in [-0.2, 0) is 4.79 Å². The van der Waals surface area contributed by atoms with Crippen LogP contribution in [0.15, 0.2) is 71.3 Å². The Morgan fingerprint density at radius 2 is 1.88 bits per heavy atom. The van der Waals surface area contributed by atoms with Crippen LogP contribution >= 0.6 is 0 Å². The third kappa shape index (κ3) is 6.84. The van der Waals surface area contributed by atoms with Crippen LogP contribution in [0.5, 0.6) is 11.5 Å². The van der Waals surface area contributed by atoms with Crippen molar-refractivity contribution in [1.82, 2.24) is 15.5 Å². The van der Waals surface area contributed by atoms with Crippen LogP contribution in [0, 0.1) is 0 Å². The monoisotopic (exact) mass is 448 g/mol. The summed E-state index contributed by atoms with van der Waals surface area (Å²) in [5, 5.41) is 17.6. The third-order valence-electron chi connectivity index (χ3n) is 4.04. The maximum absolute atomic E-state index is 10.6. The number of carboxylic acid groups (broad SMARTS) is 1. The zero-order valence-corrected chi connectivity index (χ0v) is 16.5. The Kier molecular flexibility index (Phi) is 7.45. The summed E-state index contributed by atoms with van der Waals surface area (Å²) in [4.78, 5) is 13.3. The van der Waals surface area contributed by atoms with Gasteiger partial charge in [-0.1, -0.05) is 47.6 Å². The summed E-state index contributed by atoms with van der Waals surface area (Å²) < 4.78 is 42.9. The number of aliphatic carboxylic acids is 1. The van der Waals surface area contributed by atoms with Gasteiger partial charge in [0.15, 0.2) is 0 Å². The van der Waals surface area contributed by atoms with Crippen LogP contribution in [0.25, 0.3) is 11.4 Å². The van der Waals surface area contributed by atoms with Gasteiger partial charge in [0.25, 0.3) is 0 Å². The minimum atomic E-state index is -5.08. The van der Waals surface area contributed by atoms with Crippen LogP contribution < -0.4 is 15.4 Å². The van der Waals surface area contributed by atoms with E-state index in [-0.39, 0.29) is 6.04 Å². The number of alkyl halides is 3. The summed E-state index contributed by atoms with van der Waals surface area (Å²) in [6.45, 7) is 1.72. The maximum atomic E-state index is 10.6. The number of ether oxygens (including phenoxy) is 1. The lowest BCUT2D eigenvalue weighted by molar-refractivity contribution is -0.192. The molecule has 32 heavy (non-hydrogen) atoms. The van der Waals surface area contributed by atoms with E-state index >= 15 is 0 Å². The van der Waals surface area contributed by atoms with E-state index in [1.54, 1.807) is 0 Å². The summed E-state index contributed by atoms with van der Waals surface area (Å²) in [6.07, 6.45) is -0.919. The van der Waals surface area contributed by atoms with Gasteiger partial charge in [-0.15, -0.1) is 0 Å². The van der Waals surface area contributed by atoms with Gasteiger partial charge in [0.1, 0.15) is 11.5 Å². The van der Waals surface area contributed by atoms with Crippen molar-refractivity contribution in [1.29, 1.82) is 0 Å². The van der Waals surface area contributed by atoms with Gasteiger partial charge in [0, 0.05) is 18.7 Å². The van der Waals surface area contributed by atoms with E-state index in [0.29, 0.717) is 11.8 Å². The number of para-hydroxylation sites is 1. The van der Waals surface area contributed by atoms with E-state index in [2.05, 4.69) is 32.9 Å². The minimum Gasteiger partial charge on any atom is -0.475 e. The Bertz CT molecular complexity index is 1050. The maximum Gasteiger partial charge on any atom is 0.490 e. The van der Waals surface area contributed by atoms with Crippen molar-refractivity contribution in [2.45, 2.75) is 12.2 Å². The number of hydrogen-bond acceptors (Lipinski definition) is 7. The smallest absolute Gasteiger partial charge is 0.475 e. The van der Waals surface area contributed by atoms with Gasteiger partial charge >= 0.3 is 18.2 Å². The number of carboxylic acids is 1. The Morgan fingerprint density at radius 1 is 1.16 bits per heavy atom. The number of nitrogens with zero attached hydrogens (tertiary/aromatic N) is 2. The number of anilines is 1. The van der Waals surface area contributed by atoms with Crippen LogP contribution in [0.2, 0.25) is 0 Å². The molecule has 0 aliphatic carbocycles. The number of hydrogen-bond donors (Lipinski definition) is 3. The van der Waals surface area contributed by atoms with Gasteiger partial charge in [0.05, 0.1) is 6.04 Å². The molecule has 0 spiro atoms. The second kappa shape index (κ2) is 10.4. The van der Waals surface area contributed by atoms with Crippen LogP contribution in [0.1, 0.15) is 0 Å². The molecule has 168 valence electrons. The van der Waals surface area contributed by atoms with Gasteiger partial charge in [-0.25, -0.2) is 4.79 Å². The number of carbonyl (C=O) groups is 1. The quantitative estimate of drug-likeness (QED) is 0.501. The molecule has 1 atom stereocenters. The molecule has 0 fully saturated rings. The first-order valence-corrected chi connectivity index (χ1v) is 9.42. The fourth-order valence-electron chi connectivity index (χ4n) is 2.60. The van der Waals surface area contributed by atoms with Gasteiger partial charge in [-0.3, -0.25) is 0 Å². The molecule has 3 N–H and O–H groups in total. The highest BCUT2D eigenvalue weighted by Gasteiger charge is 2.38. The highest BCUT2D eigenvalue weighted by molar-refractivity contribution is 5.73. The van der Waals surface area contributed by atoms with Gasteiger partial charge in [-0.2, -0.15) is 18.2 Å². The summed E-state index contributed by atoms with van der Waals surface area (Å²) in [6, 6.07) is 17.8. The Morgan fingerprint density at radius 3 is 2.53 bits per heavy atom. The number of aromatic nitrogens is 2. The first-order chi connectivity index (χ1) is 15.3. The van der Waals surface area contributed by atoms with Gasteiger partial charge in [-0.05, 0) is 24.3 Å². The molecule has 0 saturated carbocycles. The lowest BCUT2D eigenvalue weighted by Crippen LogP contribution is -2.35. The average molecular weight is 448 g/mol. The van der Waals surface area contributed by atoms with Crippen LogP contribution in [0.4, 0.5) is 19.2 Å². The fourth-order valence-corrected chi connectivity index (χ4v) is 2.60. The molecule has 0 amide bonds. The zero-order chi connectivity index (χ0) is 23.0. The summed E-state index contributed by atoms with van der Waals surface area (Å²) in [5.74, 6) is -0.726. The largest absolute Gasteiger partial charge is 0.490 e. The molecule has 0 saturated heterocycles. The molecule has 11 heteroatoms. The van der Waals surface area contributed by atoms with Crippen molar-refractivity contribution in [2.75, 3.05) is 18.4 Å². The fraction of sp³-hybridized carbons (Fsp3) is 0.190. The van der Waals surface area contributed by atoms with E-state index in [1.807, 2.05) is 54.6 Å². The molecule has 1 aromatic heterocycles. The number of nitrogens with one attached hydrogen (secondary N) is 2. The van der Waals surface area contributed by atoms with E-state index in [9.17, 15) is 13.2 Å². The Balaban J connectivity index is 0.000000360. The second-order valence-electron chi connectivity index (χ2n) is 6.51. The zero-order valence-electron chi connectivity index (χ0n) is 16.5. The number of rotatable bonds is 5. The van der Waals surface area contributed by atoms with Crippen molar-refractivity contribution >= 4 is 12.0 Å². The second-order valence-corrected chi connectivity index (χ2v) is 6.51. The van der Waals surface area contributed by atoms with Gasteiger partial charge in [0.2, 0.25) is 5.82 Å². The van der Waals surface area contributed by atoms with E-state index in [0.717, 1.165) is 30.2 Å². The van der Waals surface area contributed by atoms with E-state index in [1.165, 1.54) is 0 Å². The summed E-state index contributed by atoms with van der Waals surface area (Å²) in [5.41, 5.74) is 0.836. The normalized spacial score (nSPS) is 15.4. The van der Waals surface area contributed by atoms with Crippen molar-refractivity contribution in [2.24, 2.45) is 0 Å². The molecule has 4 rings (SSSR count). The SMILES string of the molecule is C1=CC(Nc2nc(-c3cccc(Oc4ccccc4)c3)no2)CNC1.O=C(O)C(F)(F)F. The molecule has 2 aromatic carbocycles. The Hall–Kier alpha value is -3.86. The van der Waals surface area contributed by atoms with Crippen molar-refractivity contribution < 1.29 is 32.3 Å². The molecular weight excluding hydrogens is 429 g/mol. The first-order valence-electron chi connectivity index (χ1n) is 9.42. The molecule has 8 nitrogen and oxygen atoms in total. The summed E-state index contributed by atoms with van der Waals surface area (Å²) >= 11 is 0. The molecule has 1 aliphatic rings. The minimum absolute atomic E-state index is 0.148. The van der Waals surface area contributed by atoms with E-state index in [4.69, 9.17) is 19.2 Å². The summed E-state index contributed by atoms with van der Waals surface area (Å²) in [7, 11) is 0. The molecule has 0 bridgehead atoms. The lowest BCUT2D eigenvalue weighted by Gasteiger charge is -2.16. The molecule has 2 heterocycles. The topological polar surface area (TPSA) is 110 Å². The first kappa shape index (κ1) is 22.8. The van der Waals surface area contributed by atoms with Crippen molar-refractivity contribution in [3.8, 4) is 22.9 Å². The van der Waals surface area contributed by atoms with Crippen molar-refractivity contribution in [3.05, 3.63) is 66.7 Å². The molecule has 1 aliphatic heterocycles. The predicted octanol–water partition coefficient (Wildman–Crippen LogP) is 4.10. The highest BCUT2D eigenvalue weighted by Crippen LogP contribution is 2.26. The van der Waals surface area contributed by atoms with E-state index < -0.39 is 12.1 Å². The lowest BCUT2D eigenvalue weighted by atomic mass is 10.2. The third-order valence-corrected chi connectivity index (χ3v) is 4.04. The molecule has 0 radical (unpaired) electrons. The Labute approximate surface area is 180 Å². The van der Waals surface area contributed by atoms with Gasteiger partial charge < -0.3 is 25.0 Å². The molecular formula is C21H19F3N4O4. The van der Waals surface area contributed by atoms with Crippen LogP contribution in [0.3, 0.4) is 0 Å². The number of halogens is 3. The highest BCUT2D eigenvalue weighted by atomic mass is 19.4. The average Bonchev–Trinajstić information content (AvgIpc) is 3.24. The molecule has 3 aromatic rings. The van der Waals surface area contributed by atoms with Crippen molar-refractivity contribution in [3.63, 3.8) is 0 Å². The standard InChI is InChI=1S/C19H18N4O2.C2HF3O2/c1-2-8-16(9-3-1)24-17-10-4-6-14(12-17)18-22-19(25-23-18)21-15-7-5-11-20-13-15;3-2(4,5)1(6)7/h1-10,12,15,20H,11,13H2,(H,21,22,23);(H,6,7). The predicted molar refractivity (Wildman–Crippen MR) is 109 cm³/mol.